The molecule has 1 aromatic carbocycles. The molecule has 0 aliphatic heterocycles. The summed E-state index contributed by atoms with van der Waals surface area (Å²) in [7, 11) is 3.09. The van der Waals surface area contributed by atoms with E-state index in [-0.39, 0.29) is 0 Å². The number of carbonyl (C=O) groups is 1. The van der Waals surface area contributed by atoms with Crippen molar-refractivity contribution in [1.29, 1.82) is 5.26 Å². The van der Waals surface area contributed by atoms with E-state index in [2.05, 4.69) is 16.2 Å². The average Bonchev–Trinajstić information content (AvgIpc) is 3.02. The Morgan fingerprint density at radius 1 is 1.52 bits per heavy atom. The molecule has 2 aromatic rings. The van der Waals surface area contributed by atoms with Crippen molar-refractivity contribution in [1.82, 2.24) is 15.0 Å². The molecule has 0 saturated carbocycles. The molecule has 0 spiro atoms. The first-order chi connectivity index (χ1) is 11.1. The van der Waals surface area contributed by atoms with Crippen molar-refractivity contribution in [3.8, 4) is 6.07 Å². The Kier molecular flexibility index (Phi) is 5.44. The zero-order valence-electron chi connectivity index (χ0n) is 13.3. The van der Waals surface area contributed by atoms with E-state index in [1.165, 1.54) is 7.11 Å². The highest BCUT2D eigenvalue weighted by Gasteiger charge is 2.27. The van der Waals surface area contributed by atoms with E-state index in [4.69, 9.17) is 14.5 Å². The smallest absolute Gasteiger partial charge is 0.327 e. The van der Waals surface area contributed by atoms with E-state index in [0.717, 1.165) is 0 Å². The summed E-state index contributed by atoms with van der Waals surface area (Å²) in [4.78, 5) is 18.2. The van der Waals surface area contributed by atoms with E-state index < -0.39 is 12.0 Å². The van der Waals surface area contributed by atoms with Crippen molar-refractivity contribution in [2.24, 2.45) is 0 Å². The molecule has 0 fully saturated rings. The molecule has 1 aromatic heterocycles. The van der Waals surface area contributed by atoms with Crippen LogP contribution in [0.2, 0.25) is 0 Å². The van der Waals surface area contributed by atoms with E-state index in [1.54, 1.807) is 36.2 Å². The number of aromatic nitrogens is 2. The summed E-state index contributed by atoms with van der Waals surface area (Å²) >= 11 is 0. The van der Waals surface area contributed by atoms with Crippen LogP contribution in [0.5, 0.6) is 0 Å². The summed E-state index contributed by atoms with van der Waals surface area (Å²) in [5.74, 6) is 0.627. The predicted octanol–water partition coefficient (Wildman–Crippen LogP) is 1.85. The second-order valence-electron chi connectivity index (χ2n) is 5.04. The van der Waals surface area contributed by atoms with Gasteiger partial charge in [0.1, 0.15) is 6.04 Å². The fraction of sp³-hybridized carbons (Fsp3) is 0.375. The highest BCUT2D eigenvalue weighted by atomic mass is 16.5. The van der Waals surface area contributed by atoms with Crippen LogP contribution in [0.25, 0.3) is 0 Å². The number of hydrogen-bond donors (Lipinski definition) is 0. The van der Waals surface area contributed by atoms with Gasteiger partial charge in [0.05, 0.1) is 25.3 Å². The normalized spacial score (nSPS) is 12.0. The molecule has 0 N–H and O–H groups in total. The standard InChI is InChI=1S/C16H18N4O3/c1-4-13-18-14(23-19-13)10-20(2)15(16(21)22-3)12-7-5-6-11(8-12)9-17/h5-8,15H,4,10H2,1-3H3/t15-/m1/s1. The number of carbonyl (C=O) groups excluding carboxylic acids is 1. The van der Waals surface area contributed by atoms with Gasteiger partial charge in [-0.3, -0.25) is 4.90 Å². The van der Waals surface area contributed by atoms with Crippen LogP contribution >= 0.6 is 0 Å². The van der Waals surface area contributed by atoms with Crippen LogP contribution in [0.3, 0.4) is 0 Å². The zero-order valence-corrected chi connectivity index (χ0v) is 13.3. The molecule has 0 amide bonds. The maximum Gasteiger partial charge on any atom is 0.327 e. The van der Waals surface area contributed by atoms with Crippen LogP contribution in [-0.2, 0) is 22.5 Å². The lowest BCUT2D eigenvalue weighted by Crippen LogP contribution is -2.31. The number of aryl methyl sites for hydroxylation is 1. The van der Waals surface area contributed by atoms with Crippen molar-refractivity contribution >= 4 is 5.97 Å². The SMILES string of the molecule is CCc1noc(CN(C)[C@@H](C(=O)OC)c2cccc(C#N)c2)n1. The summed E-state index contributed by atoms with van der Waals surface area (Å²) < 4.78 is 10.1. The second kappa shape index (κ2) is 7.51. The second-order valence-corrected chi connectivity index (χ2v) is 5.04. The first-order valence-electron chi connectivity index (χ1n) is 7.18. The molecule has 1 atom stereocenters. The molecular formula is C16H18N4O3. The number of hydrogen-bond acceptors (Lipinski definition) is 7. The van der Waals surface area contributed by atoms with E-state index in [9.17, 15) is 4.79 Å². The maximum absolute atomic E-state index is 12.2. The Morgan fingerprint density at radius 3 is 2.91 bits per heavy atom. The van der Waals surface area contributed by atoms with Crippen molar-refractivity contribution in [3.05, 3.63) is 47.1 Å². The number of nitrogens with zero attached hydrogens (tertiary/aromatic N) is 4. The molecule has 2 rings (SSSR count). The third-order valence-corrected chi connectivity index (χ3v) is 3.41. The molecule has 7 nitrogen and oxygen atoms in total. The van der Waals surface area contributed by atoms with Crippen LogP contribution < -0.4 is 0 Å². The van der Waals surface area contributed by atoms with Crippen LogP contribution in [0.4, 0.5) is 0 Å². The first kappa shape index (κ1) is 16.6. The largest absolute Gasteiger partial charge is 0.468 e. The molecule has 120 valence electrons. The van der Waals surface area contributed by atoms with E-state index in [1.807, 2.05) is 6.92 Å². The molecule has 0 radical (unpaired) electrons. The first-order valence-corrected chi connectivity index (χ1v) is 7.18. The minimum absolute atomic E-state index is 0.295. The lowest BCUT2D eigenvalue weighted by molar-refractivity contribution is -0.147. The summed E-state index contributed by atoms with van der Waals surface area (Å²) in [5.41, 5.74) is 1.16. The quantitative estimate of drug-likeness (QED) is 0.751. The average molecular weight is 314 g/mol. The van der Waals surface area contributed by atoms with Gasteiger partial charge in [0.2, 0.25) is 5.89 Å². The van der Waals surface area contributed by atoms with Gasteiger partial charge in [-0.1, -0.05) is 24.2 Å². The Balaban J connectivity index is 2.26. The molecule has 1 heterocycles. The topological polar surface area (TPSA) is 92.3 Å². The summed E-state index contributed by atoms with van der Waals surface area (Å²) in [6.07, 6.45) is 0.678. The third-order valence-electron chi connectivity index (χ3n) is 3.41. The summed E-state index contributed by atoms with van der Waals surface area (Å²) in [5, 5.41) is 12.9. The minimum Gasteiger partial charge on any atom is -0.468 e. The number of methoxy groups -OCH3 is 1. The number of benzene rings is 1. The monoisotopic (exact) mass is 314 g/mol. The van der Waals surface area contributed by atoms with Gasteiger partial charge in [-0.15, -0.1) is 0 Å². The van der Waals surface area contributed by atoms with Gasteiger partial charge in [-0.05, 0) is 24.7 Å². The Labute approximate surface area is 134 Å². The van der Waals surface area contributed by atoms with Crippen LogP contribution in [0.15, 0.2) is 28.8 Å². The fourth-order valence-corrected chi connectivity index (χ4v) is 2.26. The van der Waals surface area contributed by atoms with Crippen LogP contribution in [-0.4, -0.2) is 35.2 Å². The molecular weight excluding hydrogens is 296 g/mol. The summed E-state index contributed by atoms with van der Waals surface area (Å²) in [6.45, 7) is 2.23. The van der Waals surface area contributed by atoms with Crippen molar-refractivity contribution in [3.63, 3.8) is 0 Å². The summed E-state index contributed by atoms with van der Waals surface area (Å²) in [6, 6.07) is 8.28. The van der Waals surface area contributed by atoms with Crippen molar-refractivity contribution in [2.45, 2.75) is 25.9 Å². The highest BCUT2D eigenvalue weighted by Crippen LogP contribution is 2.23. The molecule has 7 heteroatoms. The zero-order chi connectivity index (χ0) is 16.8. The number of ether oxygens (including phenoxy) is 1. The molecule has 0 aliphatic carbocycles. The minimum atomic E-state index is -0.662. The van der Waals surface area contributed by atoms with Crippen molar-refractivity contribution in [2.75, 3.05) is 14.2 Å². The Bertz CT molecular complexity index is 720. The molecule has 0 bridgehead atoms. The fourth-order valence-electron chi connectivity index (χ4n) is 2.26. The van der Waals surface area contributed by atoms with Gasteiger partial charge in [0.25, 0.3) is 0 Å². The van der Waals surface area contributed by atoms with Gasteiger partial charge in [0.15, 0.2) is 5.82 Å². The van der Waals surface area contributed by atoms with Gasteiger partial charge in [-0.2, -0.15) is 10.2 Å². The highest BCUT2D eigenvalue weighted by molar-refractivity contribution is 5.77. The predicted molar refractivity (Wildman–Crippen MR) is 81.1 cm³/mol. The van der Waals surface area contributed by atoms with Crippen LogP contribution in [0, 0.1) is 11.3 Å². The van der Waals surface area contributed by atoms with Crippen molar-refractivity contribution < 1.29 is 14.1 Å². The lowest BCUT2D eigenvalue weighted by Gasteiger charge is -2.24. The van der Waals surface area contributed by atoms with E-state index >= 15 is 0 Å². The molecule has 0 saturated heterocycles. The van der Waals surface area contributed by atoms with Crippen LogP contribution in [0.1, 0.15) is 35.8 Å². The molecule has 23 heavy (non-hydrogen) atoms. The van der Waals surface area contributed by atoms with Gasteiger partial charge in [-0.25, -0.2) is 4.79 Å². The molecule has 0 unspecified atom stereocenters. The van der Waals surface area contributed by atoms with Gasteiger partial charge >= 0.3 is 5.97 Å². The Morgan fingerprint density at radius 2 is 2.30 bits per heavy atom. The van der Waals surface area contributed by atoms with Gasteiger partial charge in [0, 0.05) is 6.42 Å². The lowest BCUT2D eigenvalue weighted by atomic mass is 10.0. The third kappa shape index (κ3) is 3.93. The maximum atomic E-state index is 12.2. The number of nitriles is 1. The number of likely N-dealkylation sites (N-methyl/N-ethyl adjacent to an activating group) is 1. The molecule has 0 aliphatic rings. The number of esters is 1. The number of rotatable bonds is 6. The van der Waals surface area contributed by atoms with E-state index in [0.29, 0.717) is 35.8 Å². The Hall–Kier alpha value is -2.72. The van der Waals surface area contributed by atoms with Gasteiger partial charge < -0.3 is 9.26 Å².